The summed E-state index contributed by atoms with van der Waals surface area (Å²) in [5.74, 6) is 1.18. The molecule has 0 bridgehead atoms. The maximum Gasteiger partial charge on any atom is 0.254 e. The largest absolute Gasteiger partial charge is 0.495 e. The minimum absolute atomic E-state index is 0.0510. The molecule has 1 aliphatic heterocycles. The van der Waals surface area contributed by atoms with Gasteiger partial charge in [0.1, 0.15) is 11.1 Å². The van der Waals surface area contributed by atoms with Gasteiger partial charge < -0.3 is 24.4 Å². The molecule has 0 aliphatic carbocycles. The number of aromatic amines is 1. The third kappa shape index (κ3) is 3.41. The molecule has 0 unspecified atom stereocenters. The summed E-state index contributed by atoms with van der Waals surface area (Å²) in [6.45, 7) is 2.27. The van der Waals surface area contributed by atoms with Crippen molar-refractivity contribution in [2.45, 2.75) is 0 Å². The lowest BCUT2D eigenvalue weighted by Crippen LogP contribution is -2.40. The van der Waals surface area contributed by atoms with E-state index in [1.807, 2.05) is 0 Å². The van der Waals surface area contributed by atoms with Gasteiger partial charge in [-0.1, -0.05) is 0 Å². The van der Waals surface area contributed by atoms with E-state index in [4.69, 9.17) is 14.2 Å². The maximum atomic E-state index is 12.7. The zero-order chi connectivity index (χ0) is 19.5. The second-order valence-electron chi connectivity index (χ2n) is 6.13. The minimum atomic E-state index is -0.0510. The Morgan fingerprint density at radius 3 is 2.79 bits per heavy atom. The number of hydrogen-bond acceptors (Lipinski definition) is 8. The van der Waals surface area contributed by atoms with Crippen molar-refractivity contribution < 1.29 is 19.0 Å². The lowest BCUT2D eigenvalue weighted by molar-refractivity contribution is 0.0302. The van der Waals surface area contributed by atoms with Gasteiger partial charge in [0, 0.05) is 18.7 Å². The number of ether oxygens (including phenoxy) is 3. The van der Waals surface area contributed by atoms with Crippen molar-refractivity contribution >= 4 is 28.6 Å². The van der Waals surface area contributed by atoms with E-state index >= 15 is 0 Å². The van der Waals surface area contributed by atoms with Gasteiger partial charge in [-0.2, -0.15) is 15.1 Å². The number of rotatable bonds is 5. The molecule has 1 aliphatic rings. The molecule has 28 heavy (non-hydrogen) atoms. The van der Waals surface area contributed by atoms with Crippen molar-refractivity contribution in [2.24, 2.45) is 0 Å². The van der Waals surface area contributed by atoms with Crippen LogP contribution in [0.25, 0.3) is 11.0 Å². The van der Waals surface area contributed by atoms with Crippen molar-refractivity contribution in [3.63, 3.8) is 0 Å². The highest BCUT2D eigenvalue weighted by molar-refractivity contribution is 5.95. The summed E-state index contributed by atoms with van der Waals surface area (Å²) in [4.78, 5) is 23.2. The fraction of sp³-hybridized carbons (Fsp3) is 0.333. The molecule has 1 fully saturated rings. The number of anilines is 2. The number of carbonyl (C=O) groups excluding carboxylic acids is 1. The fourth-order valence-electron chi connectivity index (χ4n) is 3.02. The van der Waals surface area contributed by atoms with E-state index in [0.29, 0.717) is 66.2 Å². The molecule has 1 saturated heterocycles. The highest BCUT2D eigenvalue weighted by atomic mass is 16.5. The standard InChI is InChI=1S/C18H20N6O4/c1-26-14-9-11(17(25)24-5-7-28-8-6-24)3-4-13(14)20-18-21-15-12(10-19-23-15)16(22-18)27-2/h3-4,9-10H,5-8H2,1-2H3,(H2,19,20,21,22,23). The average Bonchev–Trinajstić information content (AvgIpc) is 3.22. The van der Waals surface area contributed by atoms with Gasteiger partial charge in [0.2, 0.25) is 11.8 Å². The van der Waals surface area contributed by atoms with E-state index in [1.165, 1.54) is 7.11 Å². The molecule has 0 spiro atoms. The number of morpholine rings is 1. The van der Waals surface area contributed by atoms with Gasteiger partial charge in [-0.3, -0.25) is 9.89 Å². The van der Waals surface area contributed by atoms with E-state index in [1.54, 1.807) is 36.4 Å². The predicted molar refractivity (Wildman–Crippen MR) is 101 cm³/mol. The lowest BCUT2D eigenvalue weighted by atomic mass is 10.1. The third-order valence-electron chi connectivity index (χ3n) is 4.46. The second kappa shape index (κ2) is 7.69. The number of hydrogen-bond donors (Lipinski definition) is 2. The quantitative estimate of drug-likeness (QED) is 0.682. The van der Waals surface area contributed by atoms with Crippen LogP contribution in [-0.2, 0) is 4.74 Å². The van der Waals surface area contributed by atoms with Gasteiger partial charge in [-0.05, 0) is 18.2 Å². The molecule has 10 heteroatoms. The van der Waals surface area contributed by atoms with Crippen LogP contribution in [0.1, 0.15) is 10.4 Å². The summed E-state index contributed by atoms with van der Waals surface area (Å²) < 4.78 is 16.1. The molecule has 3 heterocycles. The molecule has 4 rings (SSSR count). The molecule has 2 N–H and O–H groups in total. The number of aromatic nitrogens is 4. The number of nitrogens with zero attached hydrogens (tertiary/aromatic N) is 4. The van der Waals surface area contributed by atoms with Gasteiger partial charge in [-0.15, -0.1) is 0 Å². The molecule has 0 atom stereocenters. The van der Waals surface area contributed by atoms with Crippen LogP contribution in [0, 0.1) is 0 Å². The van der Waals surface area contributed by atoms with Crippen molar-refractivity contribution in [2.75, 3.05) is 45.8 Å². The number of carbonyl (C=O) groups is 1. The zero-order valence-corrected chi connectivity index (χ0v) is 15.6. The van der Waals surface area contributed by atoms with Gasteiger partial charge in [0.05, 0.1) is 39.3 Å². The van der Waals surface area contributed by atoms with Crippen molar-refractivity contribution in [3.8, 4) is 11.6 Å². The molecule has 3 aromatic rings. The van der Waals surface area contributed by atoms with Crippen LogP contribution in [-0.4, -0.2) is 71.5 Å². The molecular formula is C18H20N6O4. The van der Waals surface area contributed by atoms with E-state index in [2.05, 4.69) is 25.5 Å². The number of benzene rings is 1. The predicted octanol–water partition coefficient (Wildman–Crippen LogP) is 1.59. The Kier molecular flexibility index (Phi) is 4.94. The highest BCUT2D eigenvalue weighted by Gasteiger charge is 2.20. The van der Waals surface area contributed by atoms with Gasteiger partial charge >= 0.3 is 0 Å². The fourth-order valence-corrected chi connectivity index (χ4v) is 3.02. The Labute approximate surface area is 160 Å². The third-order valence-corrected chi connectivity index (χ3v) is 4.46. The Morgan fingerprint density at radius 1 is 1.21 bits per heavy atom. The molecule has 1 aromatic carbocycles. The number of H-pyrrole nitrogens is 1. The summed E-state index contributed by atoms with van der Waals surface area (Å²) in [5.41, 5.74) is 1.72. The van der Waals surface area contributed by atoms with Crippen LogP contribution in [0.15, 0.2) is 24.4 Å². The minimum Gasteiger partial charge on any atom is -0.495 e. The molecule has 0 saturated carbocycles. The second-order valence-corrected chi connectivity index (χ2v) is 6.13. The Morgan fingerprint density at radius 2 is 2.04 bits per heavy atom. The Bertz CT molecular complexity index is 999. The summed E-state index contributed by atoms with van der Waals surface area (Å²) in [6, 6.07) is 5.21. The number of methoxy groups -OCH3 is 2. The van der Waals surface area contributed by atoms with Gasteiger partial charge in [0.25, 0.3) is 5.91 Å². The van der Waals surface area contributed by atoms with Gasteiger partial charge in [0.15, 0.2) is 5.65 Å². The van der Waals surface area contributed by atoms with E-state index in [9.17, 15) is 4.79 Å². The Hall–Kier alpha value is -3.40. The first-order valence-electron chi connectivity index (χ1n) is 8.77. The summed E-state index contributed by atoms with van der Waals surface area (Å²) in [6.07, 6.45) is 1.60. The number of fused-ring (bicyclic) bond motifs is 1. The zero-order valence-electron chi connectivity index (χ0n) is 15.6. The van der Waals surface area contributed by atoms with E-state index in [-0.39, 0.29) is 5.91 Å². The smallest absolute Gasteiger partial charge is 0.254 e. The highest BCUT2D eigenvalue weighted by Crippen LogP contribution is 2.30. The molecular weight excluding hydrogens is 364 g/mol. The normalized spacial score (nSPS) is 14.1. The summed E-state index contributed by atoms with van der Waals surface area (Å²) in [7, 11) is 3.08. The van der Waals surface area contributed by atoms with Gasteiger partial charge in [-0.25, -0.2) is 0 Å². The van der Waals surface area contributed by atoms with Crippen molar-refractivity contribution in [3.05, 3.63) is 30.0 Å². The summed E-state index contributed by atoms with van der Waals surface area (Å²) >= 11 is 0. The monoisotopic (exact) mass is 384 g/mol. The molecule has 1 amide bonds. The van der Waals surface area contributed by atoms with Crippen LogP contribution in [0.2, 0.25) is 0 Å². The number of amides is 1. The average molecular weight is 384 g/mol. The first-order chi connectivity index (χ1) is 13.7. The molecule has 10 nitrogen and oxygen atoms in total. The van der Waals surface area contributed by atoms with Crippen LogP contribution in [0.3, 0.4) is 0 Å². The maximum absolute atomic E-state index is 12.7. The molecule has 146 valence electrons. The SMILES string of the molecule is COc1cc(C(=O)N2CCOCC2)ccc1Nc1nc(OC)c2cn[nH]c2n1. The number of nitrogens with one attached hydrogen (secondary N) is 2. The van der Waals surface area contributed by atoms with Crippen LogP contribution in [0.4, 0.5) is 11.6 Å². The topological polar surface area (TPSA) is 114 Å². The van der Waals surface area contributed by atoms with Crippen LogP contribution < -0.4 is 14.8 Å². The van der Waals surface area contributed by atoms with Crippen molar-refractivity contribution in [1.29, 1.82) is 0 Å². The van der Waals surface area contributed by atoms with Crippen LogP contribution in [0.5, 0.6) is 11.6 Å². The first kappa shape index (κ1) is 18.0. The van der Waals surface area contributed by atoms with Crippen LogP contribution >= 0.6 is 0 Å². The first-order valence-corrected chi connectivity index (χ1v) is 8.77. The Balaban J connectivity index is 1.60. The van der Waals surface area contributed by atoms with Crippen molar-refractivity contribution in [1.82, 2.24) is 25.1 Å². The lowest BCUT2D eigenvalue weighted by Gasteiger charge is -2.27. The summed E-state index contributed by atoms with van der Waals surface area (Å²) in [5, 5.41) is 10.5. The molecule has 0 radical (unpaired) electrons. The molecule has 2 aromatic heterocycles. The van der Waals surface area contributed by atoms with E-state index < -0.39 is 0 Å². The van der Waals surface area contributed by atoms with E-state index in [0.717, 1.165) is 0 Å².